The van der Waals surface area contributed by atoms with Gasteiger partial charge in [-0.15, -0.1) is 0 Å². The molecule has 0 radical (unpaired) electrons. The molecule has 2 heterocycles. The van der Waals surface area contributed by atoms with Crippen LogP contribution in [0.1, 0.15) is 25.5 Å². The molecule has 1 atom stereocenters. The average Bonchev–Trinajstić information content (AvgIpc) is 2.62. The fourth-order valence-electron chi connectivity index (χ4n) is 3.30. The molecule has 126 valence electrons. The minimum Gasteiger partial charge on any atom is -0.497 e. The fourth-order valence-corrected chi connectivity index (χ4v) is 3.30. The highest BCUT2D eigenvalue weighted by Crippen LogP contribution is 2.27. The van der Waals surface area contributed by atoms with Crippen LogP contribution in [0, 0.1) is 5.92 Å². The summed E-state index contributed by atoms with van der Waals surface area (Å²) in [6, 6.07) is 7.89. The number of carbonyl (C=O) groups excluding carboxylic acids is 1. The molecule has 1 amide bonds. The Morgan fingerprint density at radius 2 is 2.00 bits per heavy atom. The molecular weight excluding hydrogens is 302 g/mol. The summed E-state index contributed by atoms with van der Waals surface area (Å²) < 4.78 is 5.22. The quantitative estimate of drug-likeness (QED) is 0.867. The Kier molecular flexibility index (Phi) is 5.08. The van der Waals surface area contributed by atoms with Crippen LogP contribution in [0.25, 0.3) is 11.3 Å². The second kappa shape index (κ2) is 7.43. The van der Waals surface area contributed by atoms with Crippen molar-refractivity contribution in [1.29, 1.82) is 0 Å². The summed E-state index contributed by atoms with van der Waals surface area (Å²) in [6.07, 6.45) is 6.50. The van der Waals surface area contributed by atoms with Gasteiger partial charge in [0.25, 0.3) is 0 Å². The van der Waals surface area contributed by atoms with Gasteiger partial charge in [0, 0.05) is 38.0 Å². The standard InChI is InChI=1S/C19H23N3O2/c1-14(23)22-11-3-4-15(13-22)12-18-19(21-10-9-20-18)16-5-7-17(24-2)8-6-16/h5-10,15H,3-4,11-13H2,1-2H3. The Labute approximate surface area is 142 Å². The van der Waals surface area contributed by atoms with E-state index in [-0.39, 0.29) is 5.91 Å². The number of carbonyl (C=O) groups is 1. The minimum atomic E-state index is 0.161. The van der Waals surface area contributed by atoms with Crippen LogP contribution in [0.4, 0.5) is 0 Å². The van der Waals surface area contributed by atoms with E-state index in [1.54, 1.807) is 26.4 Å². The Morgan fingerprint density at radius 3 is 2.71 bits per heavy atom. The summed E-state index contributed by atoms with van der Waals surface area (Å²) in [4.78, 5) is 22.7. The molecule has 3 rings (SSSR count). The number of rotatable bonds is 4. The molecule has 5 heteroatoms. The highest BCUT2D eigenvalue weighted by molar-refractivity contribution is 5.73. The Balaban J connectivity index is 1.80. The van der Waals surface area contributed by atoms with Gasteiger partial charge in [-0.25, -0.2) is 0 Å². The average molecular weight is 325 g/mol. The molecule has 0 aliphatic carbocycles. The molecule has 0 saturated carbocycles. The first kappa shape index (κ1) is 16.4. The molecule has 1 aromatic heterocycles. The normalized spacial score (nSPS) is 17.6. The molecule has 0 bridgehead atoms. The Bertz CT molecular complexity index is 700. The zero-order chi connectivity index (χ0) is 16.9. The van der Waals surface area contributed by atoms with Gasteiger partial charge in [-0.1, -0.05) is 0 Å². The summed E-state index contributed by atoms with van der Waals surface area (Å²) in [5.41, 5.74) is 2.95. The van der Waals surface area contributed by atoms with Gasteiger partial charge in [-0.3, -0.25) is 14.8 Å². The number of hydrogen-bond donors (Lipinski definition) is 0. The van der Waals surface area contributed by atoms with Crippen molar-refractivity contribution in [3.8, 4) is 17.0 Å². The van der Waals surface area contributed by atoms with E-state index in [4.69, 9.17) is 4.74 Å². The van der Waals surface area contributed by atoms with Crippen molar-refractivity contribution in [3.05, 3.63) is 42.4 Å². The van der Waals surface area contributed by atoms with Crippen molar-refractivity contribution < 1.29 is 9.53 Å². The molecule has 5 nitrogen and oxygen atoms in total. The van der Waals surface area contributed by atoms with Crippen LogP contribution < -0.4 is 4.74 Å². The van der Waals surface area contributed by atoms with E-state index in [1.165, 1.54) is 0 Å². The van der Waals surface area contributed by atoms with Crippen LogP contribution in [0.2, 0.25) is 0 Å². The summed E-state index contributed by atoms with van der Waals surface area (Å²) >= 11 is 0. The topological polar surface area (TPSA) is 55.3 Å². The summed E-state index contributed by atoms with van der Waals surface area (Å²) in [6.45, 7) is 3.33. The van der Waals surface area contributed by atoms with E-state index in [9.17, 15) is 4.79 Å². The smallest absolute Gasteiger partial charge is 0.219 e. The van der Waals surface area contributed by atoms with Gasteiger partial charge in [0.1, 0.15) is 5.75 Å². The number of aromatic nitrogens is 2. The molecule has 1 saturated heterocycles. The van der Waals surface area contributed by atoms with Gasteiger partial charge in [0.05, 0.1) is 18.5 Å². The number of piperidine rings is 1. The molecule has 2 aromatic rings. The van der Waals surface area contributed by atoms with Crippen LogP contribution in [0.3, 0.4) is 0 Å². The predicted octanol–water partition coefficient (Wildman–Crippen LogP) is 2.95. The molecule has 1 unspecified atom stereocenters. The van der Waals surface area contributed by atoms with Crippen molar-refractivity contribution in [1.82, 2.24) is 14.9 Å². The van der Waals surface area contributed by atoms with Gasteiger partial charge in [-0.05, 0) is 49.4 Å². The van der Waals surface area contributed by atoms with E-state index in [1.807, 2.05) is 29.2 Å². The molecule has 1 aliphatic heterocycles. The lowest BCUT2D eigenvalue weighted by Gasteiger charge is -2.32. The molecule has 1 aromatic carbocycles. The van der Waals surface area contributed by atoms with Crippen LogP contribution in [0.5, 0.6) is 5.75 Å². The van der Waals surface area contributed by atoms with Crippen molar-refractivity contribution in [2.75, 3.05) is 20.2 Å². The van der Waals surface area contributed by atoms with E-state index < -0.39 is 0 Å². The number of methoxy groups -OCH3 is 1. The third kappa shape index (κ3) is 3.72. The number of likely N-dealkylation sites (tertiary alicyclic amines) is 1. The maximum atomic E-state index is 11.6. The van der Waals surface area contributed by atoms with Gasteiger partial charge < -0.3 is 9.64 Å². The molecule has 24 heavy (non-hydrogen) atoms. The second-order valence-electron chi connectivity index (χ2n) is 6.26. The number of nitrogens with zero attached hydrogens (tertiary/aromatic N) is 3. The lowest BCUT2D eigenvalue weighted by molar-refractivity contribution is -0.130. The number of ether oxygens (including phenoxy) is 1. The summed E-state index contributed by atoms with van der Waals surface area (Å²) in [5.74, 6) is 1.43. The summed E-state index contributed by atoms with van der Waals surface area (Å²) in [7, 11) is 1.66. The first-order valence-corrected chi connectivity index (χ1v) is 8.37. The highest BCUT2D eigenvalue weighted by Gasteiger charge is 2.23. The third-order valence-electron chi connectivity index (χ3n) is 4.58. The summed E-state index contributed by atoms with van der Waals surface area (Å²) in [5, 5.41) is 0. The highest BCUT2D eigenvalue weighted by atomic mass is 16.5. The zero-order valence-electron chi connectivity index (χ0n) is 14.2. The van der Waals surface area contributed by atoms with Gasteiger partial charge >= 0.3 is 0 Å². The maximum absolute atomic E-state index is 11.6. The van der Waals surface area contributed by atoms with Crippen molar-refractivity contribution >= 4 is 5.91 Å². The van der Waals surface area contributed by atoms with Gasteiger partial charge in [0.2, 0.25) is 5.91 Å². The van der Waals surface area contributed by atoms with Crippen LogP contribution in [-0.2, 0) is 11.2 Å². The SMILES string of the molecule is COc1ccc(-c2nccnc2CC2CCCN(C(C)=O)C2)cc1. The largest absolute Gasteiger partial charge is 0.497 e. The lowest BCUT2D eigenvalue weighted by Crippen LogP contribution is -2.39. The fraction of sp³-hybridized carbons (Fsp3) is 0.421. The van der Waals surface area contributed by atoms with Crippen molar-refractivity contribution in [3.63, 3.8) is 0 Å². The van der Waals surface area contributed by atoms with Crippen LogP contribution >= 0.6 is 0 Å². The number of benzene rings is 1. The van der Waals surface area contributed by atoms with Crippen LogP contribution in [-0.4, -0.2) is 41.0 Å². The number of amides is 1. The minimum absolute atomic E-state index is 0.161. The first-order valence-electron chi connectivity index (χ1n) is 8.37. The first-order chi connectivity index (χ1) is 11.7. The Hall–Kier alpha value is -2.43. The Morgan fingerprint density at radius 1 is 1.25 bits per heavy atom. The second-order valence-corrected chi connectivity index (χ2v) is 6.26. The molecule has 1 fully saturated rings. The molecule has 1 aliphatic rings. The van der Waals surface area contributed by atoms with Gasteiger partial charge in [0.15, 0.2) is 0 Å². The van der Waals surface area contributed by atoms with E-state index in [0.717, 1.165) is 55.1 Å². The van der Waals surface area contributed by atoms with Crippen molar-refractivity contribution in [2.45, 2.75) is 26.2 Å². The molecular formula is C19H23N3O2. The van der Waals surface area contributed by atoms with E-state index >= 15 is 0 Å². The lowest BCUT2D eigenvalue weighted by atomic mass is 9.91. The van der Waals surface area contributed by atoms with Crippen molar-refractivity contribution in [2.24, 2.45) is 5.92 Å². The monoisotopic (exact) mass is 325 g/mol. The zero-order valence-corrected chi connectivity index (χ0v) is 14.2. The van der Waals surface area contributed by atoms with Crippen LogP contribution in [0.15, 0.2) is 36.7 Å². The van der Waals surface area contributed by atoms with E-state index in [0.29, 0.717) is 5.92 Å². The van der Waals surface area contributed by atoms with E-state index in [2.05, 4.69) is 9.97 Å². The molecule has 0 N–H and O–H groups in total. The number of hydrogen-bond acceptors (Lipinski definition) is 4. The third-order valence-corrected chi connectivity index (χ3v) is 4.58. The molecule has 0 spiro atoms. The van der Waals surface area contributed by atoms with Gasteiger partial charge in [-0.2, -0.15) is 0 Å². The predicted molar refractivity (Wildman–Crippen MR) is 92.7 cm³/mol. The maximum Gasteiger partial charge on any atom is 0.219 e.